The normalized spacial score (nSPS) is 12.6. The molecule has 0 fully saturated rings. The molecule has 0 unspecified atom stereocenters. The van der Waals surface area contributed by atoms with Crippen molar-refractivity contribution in [3.05, 3.63) is 48.8 Å². The molecule has 1 aliphatic heterocycles. The third kappa shape index (κ3) is 2.83. The molecule has 0 saturated heterocycles. The fourth-order valence-corrected chi connectivity index (χ4v) is 3.56. The van der Waals surface area contributed by atoms with Crippen LogP contribution in [-0.4, -0.2) is 11.8 Å². The summed E-state index contributed by atoms with van der Waals surface area (Å²) in [5.41, 5.74) is 3.88. The minimum Gasteiger partial charge on any atom is -0.418 e. The number of imidazole rings is 1. The first-order chi connectivity index (χ1) is 10.3. The number of benzene rings is 2. The van der Waals surface area contributed by atoms with Gasteiger partial charge < -0.3 is 17.3 Å². The third-order valence-electron chi connectivity index (χ3n) is 3.23. The van der Waals surface area contributed by atoms with Crippen molar-refractivity contribution in [1.82, 2.24) is 4.57 Å². The molecule has 0 aliphatic carbocycles. The Balaban J connectivity index is 0.000000254. The van der Waals surface area contributed by atoms with Gasteiger partial charge in [-0.1, -0.05) is 30.0 Å². The van der Waals surface area contributed by atoms with Crippen molar-refractivity contribution in [3.8, 4) is 5.69 Å². The van der Waals surface area contributed by atoms with Gasteiger partial charge in [-0.15, -0.1) is 0 Å². The van der Waals surface area contributed by atoms with Gasteiger partial charge in [-0.2, -0.15) is 4.57 Å². The molecule has 0 atom stereocenters. The van der Waals surface area contributed by atoms with Crippen molar-refractivity contribution in [2.45, 2.75) is 9.79 Å². The summed E-state index contributed by atoms with van der Waals surface area (Å²) in [6.07, 6.45) is 2.16. The lowest BCUT2D eigenvalue weighted by atomic mass is 10.2. The second kappa shape index (κ2) is 5.35. The highest BCUT2D eigenvalue weighted by atomic mass is 32.2. The summed E-state index contributed by atoms with van der Waals surface area (Å²) in [5.74, 6) is 0. The number of hydrogen-bond donors (Lipinski definition) is 0. The maximum absolute atomic E-state index is 9.75. The van der Waals surface area contributed by atoms with Crippen molar-refractivity contribution in [3.63, 3.8) is 0 Å². The maximum Gasteiger partial charge on any atom is 0.673 e. The smallest absolute Gasteiger partial charge is 0.418 e. The zero-order valence-corrected chi connectivity index (χ0v) is 12.3. The average molecular weight is 326 g/mol. The minimum atomic E-state index is -6.00. The van der Waals surface area contributed by atoms with Crippen LogP contribution in [-0.2, 0) is 7.05 Å². The molecule has 8 heteroatoms. The Bertz CT molecular complexity index is 838. The van der Waals surface area contributed by atoms with Crippen LogP contribution in [0.2, 0.25) is 0 Å². The summed E-state index contributed by atoms with van der Waals surface area (Å²) >= 11 is 1.85. The molecule has 0 spiro atoms. The number of rotatable bonds is 0. The molecule has 0 N–H and O–H groups in total. The molecule has 0 radical (unpaired) electrons. The van der Waals surface area contributed by atoms with E-state index in [0.29, 0.717) is 0 Å². The number of halogens is 4. The molecular weight excluding hydrogens is 315 g/mol. The lowest BCUT2D eigenvalue weighted by Crippen LogP contribution is -2.25. The minimum absolute atomic E-state index is 1.28. The zero-order chi connectivity index (χ0) is 15.9. The first-order valence-electron chi connectivity index (χ1n) is 6.49. The number of para-hydroxylation sites is 2. The van der Waals surface area contributed by atoms with Gasteiger partial charge in [0.15, 0.2) is 11.0 Å². The van der Waals surface area contributed by atoms with Gasteiger partial charge in [-0.3, -0.25) is 0 Å². The monoisotopic (exact) mass is 326 g/mol. The lowest BCUT2D eigenvalue weighted by Gasteiger charge is -2.12. The van der Waals surface area contributed by atoms with E-state index in [2.05, 4.69) is 65.0 Å². The van der Waals surface area contributed by atoms with Gasteiger partial charge in [0.05, 0.1) is 16.8 Å². The summed E-state index contributed by atoms with van der Waals surface area (Å²) < 4.78 is 43.5. The van der Waals surface area contributed by atoms with Crippen molar-refractivity contribution in [1.29, 1.82) is 0 Å². The number of nitrogens with zero attached hydrogens (tertiary/aromatic N) is 2. The molecule has 2 nitrogen and oxygen atoms in total. The Morgan fingerprint density at radius 3 is 2.32 bits per heavy atom. The largest absolute Gasteiger partial charge is 0.673 e. The van der Waals surface area contributed by atoms with Crippen LogP contribution in [0.3, 0.4) is 0 Å². The number of aryl methyl sites for hydroxylation is 1. The van der Waals surface area contributed by atoms with E-state index in [1.165, 1.54) is 26.5 Å². The van der Waals surface area contributed by atoms with Crippen LogP contribution in [0.4, 0.5) is 17.3 Å². The van der Waals surface area contributed by atoms with E-state index in [1.54, 1.807) is 0 Å². The zero-order valence-electron chi connectivity index (χ0n) is 11.5. The highest BCUT2D eigenvalue weighted by Gasteiger charge is 2.25. The van der Waals surface area contributed by atoms with Crippen molar-refractivity contribution in [2.75, 3.05) is 0 Å². The van der Waals surface area contributed by atoms with Crippen LogP contribution in [0.5, 0.6) is 0 Å². The van der Waals surface area contributed by atoms with Crippen molar-refractivity contribution in [2.24, 2.45) is 7.05 Å². The first-order valence-corrected chi connectivity index (χ1v) is 7.30. The van der Waals surface area contributed by atoms with Gasteiger partial charge in [0.25, 0.3) is 0 Å². The van der Waals surface area contributed by atoms with Crippen LogP contribution in [0.15, 0.2) is 58.6 Å². The van der Waals surface area contributed by atoms with Crippen LogP contribution in [0.25, 0.3) is 16.7 Å². The number of aromatic nitrogens is 2. The molecule has 4 rings (SSSR count). The van der Waals surface area contributed by atoms with Gasteiger partial charge in [-0.25, -0.2) is 4.57 Å². The molecule has 2 aromatic carbocycles. The van der Waals surface area contributed by atoms with Gasteiger partial charge in [-0.05, 0) is 24.3 Å². The van der Waals surface area contributed by atoms with Crippen LogP contribution in [0, 0.1) is 0 Å². The van der Waals surface area contributed by atoms with E-state index < -0.39 is 7.25 Å². The van der Waals surface area contributed by atoms with Crippen molar-refractivity contribution >= 4 is 30.0 Å². The Morgan fingerprint density at radius 1 is 0.955 bits per heavy atom. The molecule has 114 valence electrons. The molecule has 22 heavy (non-hydrogen) atoms. The quantitative estimate of drug-likeness (QED) is 0.267. The fraction of sp³-hybridized carbons (Fsp3) is 0.0714. The third-order valence-corrected chi connectivity index (χ3v) is 4.35. The SMILES string of the molecule is C[n+]1cn2c3c(cccc31)Sc1ccccc1-2.F[B-](F)(F)F. The highest BCUT2D eigenvalue weighted by Crippen LogP contribution is 2.41. The predicted molar refractivity (Wildman–Crippen MR) is 78.8 cm³/mol. The molecule has 2 heterocycles. The Hall–Kier alpha value is -1.96. The van der Waals surface area contributed by atoms with Gasteiger partial charge in [0, 0.05) is 0 Å². The van der Waals surface area contributed by atoms with Gasteiger partial charge >= 0.3 is 7.25 Å². The Labute approximate surface area is 128 Å². The predicted octanol–water partition coefficient (Wildman–Crippen LogP) is 4.22. The Morgan fingerprint density at radius 2 is 1.59 bits per heavy atom. The summed E-state index contributed by atoms with van der Waals surface area (Å²) in [4.78, 5) is 2.66. The maximum atomic E-state index is 9.75. The molecule has 0 amide bonds. The second-order valence-electron chi connectivity index (χ2n) is 4.78. The molecule has 0 bridgehead atoms. The topological polar surface area (TPSA) is 8.81 Å². The highest BCUT2D eigenvalue weighted by molar-refractivity contribution is 7.99. The van der Waals surface area contributed by atoms with Gasteiger partial charge in [0.2, 0.25) is 6.33 Å². The van der Waals surface area contributed by atoms with Crippen molar-refractivity contribution < 1.29 is 21.8 Å². The van der Waals surface area contributed by atoms with E-state index in [9.17, 15) is 17.3 Å². The van der Waals surface area contributed by atoms with Crippen LogP contribution in [0.1, 0.15) is 0 Å². The second-order valence-corrected chi connectivity index (χ2v) is 5.87. The first kappa shape index (κ1) is 15.0. The summed E-state index contributed by atoms with van der Waals surface area (Å²) in [5, 5.41) is 0. The number of fused-ring (bicyclic) bond motifs is 2. The van der Waals surface area contributed by atoms with E-state index in [1.807, 2.05) is 11.8 Å². The van der Waals surface area contributed by atoms with Gasteiger partial charge in [0.1, 0.15) is 5.69 Å². The standard InChI is InChI=1S/C14H11N2S.BF4/c1-15-9-16-10-5-2-3-7-12(10)17-13-8-4-6-11(15)14(13)16;2-1(3,4)5/h2-9H,1H3;/q+1;-1. The lowest BCUT2D eigenvalue weighted by molar-refractivity contribution is -0.645. The summed E-state index contributed by atoms with van der Waals surface area (Å²) in [6.45, 7) is 0. The van der Waals surface area contributed by atoms with E-state index in [4.69, 9.17) is 0 Å². The Kier molecular flexibility index (Phi) is 3.64. The van der Waals surface area contributed by atoms with E-state index in [0.717, 1.165) is 0 Å². The fourth-order valence-electron chi connectivity index (χ4n) is 2.46. The summed E-state index contributed by atoms with van der Waals surface area (Å²) in [7, 11) is -3.90. The summed E-state index contributed by atoms with van der Waals surface area (Å²) in [6, 6.07) is 15.0. The molecule has 1 aliphatic rings. The molecule has 1 aromatic heterocycles. The molecule has 3 aromatic rings. The van der Waals surface area contributed by atoms with E-state index in [-0.39, 0.29) is 0 Å². The van der Waals surface area contributed by atoms with E-state index >= 15 is 0 Å². The van der Waals surface area contributed by atoms with Crippen LogP contribution < -0.4 is 4.57 Å². The average Bonchev–Trinajstić information content (AvgIpc) is 2.77. The number of hydrogen-bond acceptors (Lipinski definition) is 1. The molecular formula is C14H11BF4N2S. The molecule has 0 saturated carbocycles. The van der Waals surface area contributed by atoms with Crippen LogP contribution >= 0.6 is 11.8 Å².